The van der Waals surface area contributed by atoms with Crippen molar-refractivity contribution in [3.8, 4) is 0 Å². The first kappa shape index (κ1) is 13.6. The standard InChI is InChI=1S/C15H15ClN2O/c1-3-11-7-4-6-10(2)13(11)18-15(19)12-8-5-9-17-14(12)16/h4-9H,3H2,1-2H3,(H,18,19). The van der Waals surface area contributed by atoms with Crippen molar-refractivity contribution in [2.75, 3.05) is 5.32 Å². The Hall–Kier alpha value is -1.87. The second kappa shape index (κ2) is 5.85. The molecule has 1 amide bonds. The third-order valence-corrected chi connectivity index (χ3v) is 3.28. The summed E-state index contributed by atoms with van der Waals surface area (Å²) >= 11 is 5.93. The molecule has 0 spiro atoms. The highest BCUT2D eigenvalue weighted by Crippen LogP contribution is 2.22. The monoisotopic (exact) mass is 274 g/mol. The maximum absolute atomic E-state index is 12.2. The predicted octanol–water partition coefficient (Wildman–Crippen LogP) is 3.86. The Morgan fingerprint density at radius 2 is 2.11 bits per heavy atom. The van der Waals surface area contributed by atoms with Crippen molar-refractivity contribution in [1.82, 2.24) is 4.98 Å². The summed E-state index contributed by atoms with van der Waals surface area (Å²) in [6.07, 6.45) is 2.42. The van der Waals surface area contributed by atoms with Gasteiger partial charge in [0.2, 0.25) is 0 Å². The van der Waals surface area contributed by atoms with Crippen LogP contribution in [0.3, 0.4) is 0 Å². The molecule has 0 fully saturated rings. The van der Waals surface area contributed by atoms with E-state index in [0.29, 0.717) is 5.56 Å². The molecule has 2 aromatic rings. The number of aromatic nitrogens is 1. The van der Waals surface area contributed by atoms with E-state index < -0.39 is 0 Å². The zero-order valence-electron chi connectivity index (χ0n) is 10.9. The maximum atomic E-state index is 12.2. The second-order valence-electron chi connectivity index (χ2n) is 4.26. The van der Waals surface area contributed by atoms with Crippen LogP contribution in [0.2, 0.25) is 5.15 Å². The first-order valence-electron chi connectivity index (χ1n) is 6.13. The zero-order chi connectivity index (χ0) is 13.8. The lowest BCUT2D eigenvalue weighted by Crippen LogP contribution is -2.15. The van der Waals surface area contributed by atoms with Crippen LogP contribution < -0.4 is 5.32 Å². The Labute approximate surface area is 117 Å². The molecule has 1 aromatic heterocycles. The van der Waals surface area contributed by atoms with Gasteiger partial charge >= 0.3 is 0 Å². The van der Waals surface area contributed by atoms with Gasteiger partial charge in [0.15, 0.2) is 0 Å². The molecule has 0 saturated carbocycles. The lowest BCUT2D eigenvalue weighted by Gasteiger charge is -2.13. The molecule has 0 bridgehead atoms. The van der Waals surface area contributed by atoms with Crippen LogP contribution in [0.1, 0.15) is 28.4 Å². The number of para-hydroxylation sites is 1. The summed E-state index contributed by atoms with van der Waals surface area (Å²) < 4.78 is 0. The van der Waals surface area contributed by atoms with E-state index in [1.165, 1.54) is 0 Å². The van der Waals surface area contributed by atoms with E-state index in [4.69, 9.17) is 11.6 Å². The molecule has 3 nitrogen and oxygen atoms in total. The van der Waals surface area contributed by atoms with E-state index in [-0.39, 0.29) is 11.1 Å². The molecule has 98 valence electrons. The number of carbonyl (C=O) groups is 1. The van der Waals surface area contributed by atoms with Crippen LogP contribution in [-0.2, 0) is 6.42 Å². The quantitative estimate of drug-likeness (QED) is 0.864. The minimum absolute atomic E-state index is 0.214. The van der Waals surface area contributed by atoms with E-state index >= 15 is 0 Å². The number of amides is 1. The number of aryl methyl sites for hydroxylation is 2. The van der Waals surface area contributed by atoms with Crippen LogP contribution in [-0.4, -0.2) is 10.9 Å². The van der Waals surface area contributed by atoms with Gasteiger partial charge < -0.3 is 5.32 Å². The molecular formula is C15H15ClN2O. The topological polar surface area (TPSA) is 42.0 Å². The Morgan fingerprint density at radius 3 is 2.79 bits per heavy atom. The number of hydrogen-bond acceptors (Lipinski definition) is 2. The average Bonchev–Trinajstić information content (AvgIpc) is 2.41. The van der Waals surface area contributed by atoms with E-state index in [0.717, 1.165) is 23.2 Å². The molecule has 1 N–H and O–H groups in total. The van der Waals surface area contributed by atoms with E-state index in [2.05, 4.69) is 17.2 Å². The number of rotatable bonds is 3. The third-order valence-electron chi connectivity index (χ3n) is 2.98. The van der Waals surface area contributed by atoms with Crippen LogP contribution in [0.5, 0.6) is 0 Å². The number of carbonyl (C=O) groups excluding carboxylic acids is 1. The molecule has 19 heavy (non-hydrogen) atoms. The van der Waals surface area contributed by atoms with Crippen molar-refractivity contribution < 1.29 is 4.79 Å². The third kappa shape index (κ3) is 2.93. The van der Waals surface area contributed by atoms with Crippen LogP contribution in [0.4, 0.5) is 5.69 Å². The van der Waals surface area contributed by atoms with Crippen molar-refractivity contribution in [1.29, 1.82) is 0 Å². The van der Waals surface area contributed by atoms with Gasteiger partial charge in [-0.1, -0.05) is 36.7 Å². The Balaban J connectivity index is 2.32. The maximum Gasteiger partial charge on any atom is 0.258 e. The molecule has 4 heteroatoms. The normalized spacial score (nSPS) is 10.3. The number of hydrogen-bond donors (Lipinski definition) is 1. The largest absolute Gasteiger partial charge is 0.321 e. The van der Waals surface area contributed by atoms with E-state index in [1.54, 1.807) is 18.3 Å². The smallest absolute Gasteiger partial charge is 0.258 e. The average molecular weight is 275 g/mol. The van der Waals surface area contributed by atoms with Gasteiger partial charge in [-0.2, -0.15) is 0 Å². The summed E-state index contributed by atoms with van der Waals surface area (Å²) in [5.41, 5.74) is 3.38. The Bertz CT molecular complexity index is 611. The molecule has 0 aliphatic heterocycles. The number of nitrogens with zero attached hydrogens (tertiary/aromatic N) is 1. The molecule has 0 aliphatic rings. The number of pyridine rings is 1. The van der Waals surface area contributed by atoms with E-state index in [1.807, 2.05) is 25.1 Å². The highest BCUT2D eigenvalue weighted by molar-refractivity contribution is 6.33. The van der Waals surface area contributed by atoms with Crippen LogP contribution in [0.15, 0.2) is 36.5 Å². The van der Waals surface area contributed by atoms with Gasteiger partial charge in [0.05, 0.1) is 5.56 Å². The molecule has 0 aliphatic carbocycles. The Kier molecular flexibility index (Phi) is 4.17. The van der Waals surface area contributed by atoms with Crippen molar-refractivity contribution in [2.24, 2.45) is 0 Å². The van der Waals surface area contributed by atoms with Crippen molar-refractivity contribution in [3.63, 3.8) is 0 Å². The Morgan fingerprint density at radius 1 is 1.32 bits per heavy atom. The fourth-order valence-corrected chi connectivity index (χ4v) is 2.14. The summed E-state index contributed by atoms with van der Waals surface area (Å²) in [5.74, 6) is -0.234. The number of halogens is 1. The molecule has 2 rings (SSSR count). The van der Waals surface area contributed by atoms with Crippen LogP contribution in [0.25, 0.3) is 0 Å². The summed E-state index contributed by atoms with van der Waals surface area (Å²) in [6.45, 7) is 4.03. The lowest BCUT2D eigenvalue weighted by atomic mass is 10.1. The number of anilines is 1. The summed E-state index contributed by atoms with van der Waals surface area (Å²) in [5, 5.41) is 3.14. The highest BCUT2D eigenvalue weighted by Gasteiger charge is 2.13. The van der Waals surface area contributed by atoms with Crippen molar-refractivity contribution in [2.45, 2.75) is 20.3 Å². The first-order valence-corrected chi connectivity index (χ1v) is 6.51. The predicted molar refractivity (Wildman–Crippen MR) is 77.8 cm³/mol. The minimum atomic E-state index is -0.234. The zero-order valence-corrected chi connectivity index (χ0v) is 11.7. The van der Waals surface area contributed by atoms with Gasteiger partial charge in [-0.25, -0.2) is 4.98 Å². The molecular weight excluding hydrogens is 260 g/mol. The molecule has 0 saturated heterocycles. The number of nitrogens with one attached hydrogen (secondary N) is 1. The van der Waals surface area contributed by atoms with E-state index in [9.17, 15) is 4.79 Å². The highest BCUT2D eigenvalue weighted by atomic mass is 35.5. The van der Waals surface area contributed by atoms with Gasteiger partial charge in [0.1, 0.15) is 5.15 Å². The van der Waals surface area contributed by atoms with Crippen LogP contribution in [0, 0.1) is 6.92 Å². The summed E-state index contributed by atoms with van der Waals surface area (Å²) in [7, 11) is 0. The van der Waals surface area contributed by atoms with Gasteiger partial charge in [-0.05, 0) is 36.6 Å². The van der Waals surface area contributed by atoms with Crippen LogP contribution >= 0.6 is 11.6 Å². The fourth-order valence-electron chi connectivity index (χ4n) is 1.94. The summed E-state index contributed by atoms with van der Waals surface area (Å²) in [6, 6.07) is 9.32. The van der Waals surface area contributed by atoms with Gasteiger partial charge in [-0.3, -0.25) is 4.79 Å². The first-order chi connectivity index (χ1) is 9.13. The molecule has 1 aromatic carbocycles. The molecule has 0 unspecified atom stereocenters. The van der Waals surface area contributed by atoms with Gasteiger partial charge in [0.25, 0.3) is 5.91 Å². The van der Waals surface area contributed by atoms with Gasteiger partial charge in [0, 0.05) is 11.9 Å². The SMILES string of the molecule is CCc1cccc(C)c1NC(=O)c1cccnc1Cl. The molecule has 0 atom stereocenters. The van der Waals surface area contributed by atoms with Crippen molar-refractivity contribution >= 4 is 23.2 Å². The lowest BCUT2D eigenvalue weighted by molar-refractivity contribution is 0.102. The number of benzene rings is 1. The molecule has 0 radical (unpaired) electrons. The second-order valence-corrected chi connectivity index (χ2v) is 4.62. The van der Waals surface area contributed by atoms with Crippen molar-refractivity contribution in [3.05, 3.63) is 58.4 Å². The fraction of sp³-hybridized carbons (Fsp3) is 0.200. The molecule has 1 heterocycles. The van der Waals surface area contributed by atoms with Gasteiger partial charge in [-0.15, -0.1) is 0 Å². The summed E-state index contributed by atoms with van der Waals surface area (Å²) in [4.78, 5) is 16.1. The minimum Gasteiger partial charge on any atom is -0.321 e.